The number of primary amides is 1. The lowest BCUT2D eigenvalue weighted by Crippen LogP contribution is -2.23. The predicted molar refractivity (Wildman–Crippen MR) is 124 cm³/mol. The SMILES string of the molecule is CC1Cc2ccc(Cl)cc2N=C1CC(CC(N)=O)c1ccc(-c2ccccc2)cc1. The van der Waals surface area contributed by atoms with E-state index in [0.29, 0.717) is 23.8 Å². The zero-order chi connectivity index (χ0) is 21.1. The third-order valence-corrected chi connectivity index (χ3v) is 6.03. The van der Waals surface area contributed by atoms with Crippen molar-refractivity contribution < 1.29 is 4.79 Å². The molecule has 0 aliphatic carbocycles. The van der Waals surface area contributed by atoms with Crippen molar-refractivity contribution >= 4 is 28.9 Å². The number of carbonyl (C=O) groups excluding carboxylic acids is 1. The van der Waals surface area contributed by atoms with Crippen LogP contribution in [-0.4, -0.2) is 11.6 Å². The van der Waals surface area contributed by atoms with Crippen LogP contribution in [0.2, 0.25) is 5.02 Å². The molecule has 1 aliphatic rings. The number of carbonyl (C=O) groups is 1. The molecule has 0 saturated heterocycles. The molecule has 0 fully saturated rings. The molecule has 0 aromatic heterocycles. The number of halogens is 1. The van der Waals surface area contributed by atoms with Gasteiger partial charge in [0, 0.05) is 17.2 Å². The summed E-state index contributed by atoms with van der Waals surface area (Å²) in [6.07, 6.45) is 1.95. The second kappa shape index (κ2) is 8.85. The van der Waals surface area contributed by atoms with Gasteiger partial charge >= 0.3 is 0 Å². The van der Waals surface area contributed by atoms with E-state index < -0.39 is 0 Å². The van der Waals surface area contributed by atoms with Crippen molar-refractivity contribution in [2.75, 3.05) is 0 Å². The minimum absolute atomic E-state index is 0.00857. The average molecular weight is 417 g/mol. The summed E-state index contributed by atoms with van der Waals surface area (Å²) in [5.74, 6) is 0.0338. The van der Waals surface area contributed by atoms with Crippen LogP contribution in [0.5, 0.6) is 0 Å². The van der Waals surface area contributed by atoms with Gasteiger partial charge in [0.05, 0.1) is 5.69 Å². The maximum Gasteiger partial charge on any atom is 0.218 e. The number of fused-ring (bicyclic) bond motifs is 1. The third kappa shape index (κ3) is 4.63. The molecular formula is C26H25ClN2O. The highest BCUT2D eigenvalue weighted by molar-refractivity contribution is 6.30. The summed E-state index contributed by atoms with van der Waals surface area (Å²) >= 11 is 6.17. The first-order valence-corrected chi connectivity index (χ1v) is 10.7. The normalized spacial score (nSPS) is 16.5. The number of rotatable bonds is 6. The Morgan fingerprint density at radius 3 is 2.47 bits per heavy atom. The van der Waals surface area contributed by atoms with Crippen LogP contribution in [0.15, 0.2) is 77.8 Å². The number of amides is 1. The minimum atomic E-state index is -0.292. The lowest BCUT2D eigenvalue weighted by atomic mass is 9.83. The quantitative estimate of drug-likeness (QED) is 0.502. The Bertz CT molecular complexity index is 1070. The third-order valence-electron chi connectivity index (χ3n) is 5.80. The molecule has 0 saturated carbocycles. The molecule has 1 aliphatic heterocycles. The Hall–Kier alpha value is -2.91. The van der Waals surface area contributed by atoms with E-state index in [1.807, 2.05) is 30.3 Å². The topological polar surface area (TPSA) is 55.4 Å². The van der Waals surface area contributed by atoms with Gasteiger partial charge in [0.2, 0.25) is 5.91 Å². The van der Waals surface area contributed by atoms with Crippen LogP contribution in [0.4, 0.5) is 5.69 Å². The second-order valence-electron chi connectivity index (χ2n) is 8.04. The summed E-state index contributed by atoms with van der Waals surface area (Å²) in [5.41, 5.74) is 12.3. The molecule has 2 unspecified atom stereocenters. The van der Waals surface area contributed by atoms with Crippen LogP contribution < -0.4 is 5.73 Å². The Morgan fingerprint density at radius 2 is 1.77 bits per heavy atom. The van der Waals surface area contributed by atoms with Crippen LogP contribution in [-0.2, 0) is 11.2 Å². The zero-order valence-corrected chi connectivity index (χ0v) is 17.8. The summed E-state index contributed by atoms with van der Waals surface area (Å²) in [6, 6.07) is 24.6. The molecule has 2 atom stereocenters. The fourth-order valence-electron chi connectivity index (χ4n) is 4.15. The summed E-state index contributed by atoms with van der Waals surface area (Å²) in [5, 5.41) is 0.691. The summed E-state index contributed by atoms with van der Waals surface area (Å²) in [7, 11) is 0. The van der Waals surface area contributed by atoms with Crippen LogP contribution in [0, 0.1) is 5.92 Å². The summed E-state index contributed by atoms with van der Waals surface area (Å²) in [4.78, 5) is 16.7. The van der Waals surface area contributed by atoms with Crippen LogP contribution in [0.25, 0.3) is 11.1 Å². The van der Waals surface area contributed by atoms with E-state index in [9.17, 15) is 4.79 Å². The van der Waals surface area contributed by atoms with Crippen molar-refractivity contribution in [1.29, 1.82) is 0 Å². The Kier molecular flexibility index (Phi) is 6.01. The largest absolute Gasteiger partial charge is 0.370 e. The van der Waals surface area contributed by atoms with Crippen molar-refractivity contribution in [1.82, 2.24) is 0 Å². The number of aliphatic imine (C=N–C) groups is 1. The van der Waals surface area contributed by atoms with Gasteiger partial charge in [-0.05, 0) is 59.1 Å². The van der Waals surface area contributed by atoms with Crippen molar-refractivity contribution in [2.45, 2.75) is 32.1 Å². The van der Waals surface area contributed by atoms with E-state index in [4.69, 9.17) is 22.3 Å². The first-order valence-electron chi connectivity index (χ1n) is 10.3. The highest BCUT2D eigenvalue weighted by atomic mass is 35.5. The fourth-order valence-corrected chi connectivity index (χ4v) is 4.32. The van der Waals surface area contributed by atoms with Gasteiger partial charge in [-0.1, -0.05) is 79.2 Å². The standard InChI is InChI=1S/C26H25ClN2O/c1-17-13-21-11-12-23(27)16-25(21)29-24(17)14-22(15-26(28)30)20-9-7-19(8-10-20)18-5-3-2-4-6-18/h2-12,16-17,22H,13-15H2,1H3,(H2,28,30). The molecule has 0 bridgehead atoms. The molecule has 1 amide bonds. The van der Waals surface area contributed by atoms with E-state index in [1.54, 1.807) is 0 Å². The number of nitrogens with zero attached hydrogens (tertiary/aromatic N) is 1. The van der Waals surface area contributed by atoms with Crippen LogP contribution >= 0.6 is 11.6 Å². The lowest BCUT2D eigenvalue weighted by Gasteiger charge is -2.25. The van der Waals surface area contributed by atoms with Gasteiger partial charge in [-0.2, -0.15) is 0 Å². The number of benzene rings is 3. The lowest BCUT2D eigenvalue weighted by molar-refractivity contribution is -0.118. The molecule has 3 aromatic carbocycles. The molecular weight excluding hydrogens is 392 g/mol. The van der Waals surface area contributed by atoms with Gasteiger partial charge < -0.3 is 5.73 Å². The van der Waals surface area contributed by atoms with Gasteiger partial charge in [0.25, 0.3) is 0 Å². The first kappa shape index (κ1) is 20.4. The monoisotopic (exact) mass is 416 g/mol. The first-order chi connectivity index (χ1) is 14.5. The van der Waals surface area contributed by atoms with E-state index in [1.165, 1.54) is 11.1 Å². The number of hydrogen-bond donors (Lipinski definition) is 1. The molecule has 3 nitrogen and oxygen atoms in total. The van der Waals surface area contributed by atoms with Crippen molar-refractivity contribution in [3.8, 4) is 11.1 Å². The van der Waals surface area contributed by atoms with Crippen LogP contribution in [0.3, 0.4) is 0 Å². The maximum atomic E-state index is 11.8. The van der Waals surface area contributed by atoms with E-state index in [2.05, 4.69) is 49.4 Å². The predicted octanol–water partition coefficient (Wildman–Crippen LogP) is 6.32. The van der Waals surface area contributed by atoms with Gasteiger partial charge in [-0.15, -0.1) is 0 Å². The van der Waals surface area contributed by atoms with Gasteiger partial charge in [-0.25, -0.2) is 0 Å². The molecule has 152 valence electrons. The smallest absolute Gasteiger partial charge is 0.218 e. The summed E-state index contributed by atoms with van der Waals surface area (Å²) < 4.78 is 0. The average Bonchev–Trinajstić information content (AvgIpc) is 2.74. The molecule has 1 heterocycles. The zero-order valence-electron chi connectivity index (χ0n) is 17.0. The van der Waals surface area contributed by atoms with Gasteiger partial charge in [0.15, 0.2) is 0 Å². The summed E-state index contributed by atoms with van der Waals surface area (Å²) in [6.45, 7) is 2.19. The Morgan fingerprint density at radius 1 is 1.07 bits per heavy atom. The van der Waals surface area contributed by atoms with E-state index in [-0.39, 0.29) is 11.8 Å². The molecule has 4 rings (SSSR count). The van der Waals surface area contributed by atoms with Gasteiger partial charge in [-0.3, -0.25) is 9.79 Å². The molecule has 0 radical (unpaired) electrons. The fraction of sp³-hybridized carbons (Fsp3) is 0.231. The van der Waals surface area contributed by atoms with Crippen molar-refractivity contribution in [3.63, 3.8) is 0 Å². The molecule has 0 spiro atoms. The highest BCUT2D eigenvalue weighted by Gasteiger charge is 2.24. The maximum absolute atomic E-state index is 11.8. The highest BCUT2D eigenvalue weighted by Crippen LogP contribution is 2.35. The molecule has 3 aromatic rings. The Balaban J connectivity index is 1.61. The molecule has 2 N–H and O–H groups in total. The van der Waals surface area contributed by atoms with Gasteiger partial charge in [0.1, 0.15) is 0 Å². The second-order valence-corrected chi connectivity index (χ2v) is 8.48. The van der Waals surface area contributed by atoms with E-state index in [0.717, 1.165) is 28.9 Å². The number of nitrogens with two attached hydrogens (primary N) is 1. The minimum Gasteiger partial charge on any atom is -0.370 e. The molecule has 30 heavy (non-hydrogen) atoms. The van der Waals surface area contributed by atoms with Crippen LogP contribution in [0.1, 0.15) is 36.8 Å². The Labute approximate surface area is 182 Å². The van der Waals surface area contributed by atoms with E-state index >= 15 is 0 Å². The van der Waals surface area contributed by atoms with Crippen molar-refractivity contribution in [3.05, 3.63) is 88.9 Å². The molecule has 4 heteroatoms. The van der Waals surface area contributed by atoms with Crippen molar-refractivity contribution in [2.24, 2.45) is 16.6 Å². The number of hydrogen-bond acceptors (Lipinski definition) is 2.